The van der Waals surface area contributed by atoms with Crippen LogP contribution in [0.3, 0.4) is 0 Å². The second-order valence-corrected chi connectivity index (χ2v) is 4.77. The molecule has 3 N–H and O–H groups in total. The molecule has 0 bridgehead atoms. The summed E-state index contributed by atoms with van der Waals surface area (Å²) in [5.74, 6) is 0.442. The second kappa shape index (κ2) is 3.99. The van der Waals surface area contributed by atoms with Crippen LogP contribution in [0.25, 0.3) is 16.6 Å². The fourth-order valence-corrected chi connectivity index (χ4v) is 2.34. The average molecular weight is 305 g/mol. The first-order valence-corrected chi connectivity index (χ1v) is 6.01. The predicted molar refractivity (Wildman–Crippen MR) is 72.6 cm³/mol. The van der Waals surface area contributed by atoms with Gasteiger partial charge in [-0.15, -0.1) is 0 Å². The average Bonchev–Trinajstić information content (AvgIpc) is 2.83. The lowest BCUT2D eigenvalue weighted by Crippen LogP contribution is -1.98. The van der Waals surface area contributed by atoms with Gasteiger partial charge in [0.1, 0.15) is 17.1 Å². The van der Waals surface area contributed by atoms with Crippen molar-refractivity contribution in [3.05, 3.63) is 41.4 Å². The molecule has 0 saturated heterocycles. The first-order chi connectivity index (χ1) is 8.65. The number of aromatic nitrogens is 3. The van der Waals surface area contributed by atoms with Crippen LogP contribution in [-0.4, -0.2) is 19.6 Å². The van der Waals surface area contributed by atoms with Gasteiger partial charge in [-0.25, -0.2) is 9.97 Å². The Hall–Kier alpha value is -2.08. The van der Waals surface area contributed by atoms with Gasteiger partial charge in [-0.1, -0.05) is 15.9 Å². The van der Waals surface area contributed by atoms with Crippen molar-refractivity contribution in [2.75, 3.05) is 5.73 Å². The Morgan fingerprint density at radius 1 is 1.28 bits per heavy atom. The van der Waals surface area contributed by atoms with Crippen molar-refractivity contribution < 1.29 is 5.11 Å². The molecule has 3 rings (SSSR count). The topological polar surface area (TPSA) is 77.0 Å². The number of nitrogens with zero attached hydrogens (tertiary/aromatic N) is 3. The Balaban J connectivity index is 2.44. The van der Waals surface area contributed by atoms with E-state index in [2.05, 4.69) is 25.9 Å². The number of fused-ring (bicyclic) bond motifs is 1. The Bertz CT molecular complexity index is 725. The number of pyridine rings is 1. The van der Waals surface area contributed by atoms with Gasteiger partial charge in [-0.3, -0.25) is 0 Å². The molecule has 0 spiro atoms. The molecule has 0 saturated carbocycles. The van der Waals surface area contributed by atoms with Gasteiger partial charge in [0.25, 0.3) is 0 Å². The summed E-state index contributed by atoms with van der Waals surface area (Å²) in [5.41, 5.74) is 7.07. The lowest BCUT2D eigenvalue weighted by Gasteiger charge is -2.10. The quantitative estimate of drug-likeness (QED) is 0.724. The molecule has 2 heterocycles. The van der Waals surface area contributed by atoms with E-state index in [-0.39, 0.29) is 5.75 Å². The molecule has 0 aliphatic rings. The van der Waals surface area contributed by atoms with E-state index in [0.717, 1.165) is 15.5 Å². The smallest absolute Gasteiger partial charge is 0.143 e. The Labute approximate surface area is 111 Å². The molecule has 0 radical (unpaired) electrons. The van der Waals surface area contributed by atoms with Crippen LogP contribution in [0.5, 0.6) is 5.75 Å². The number of rotatable bonds is 1. The van der Waals surface area contributed by atoms with E-state index in [9.17, 15) is 5.11 Å². The van der Waals surface area contributed by atoms with E-state index in [4.69, 9.17) is 5.73 Å². The maximum absolute atomic E-state index is 9.93. The minimum atomic E-state index is 0.0908. The van der Waals surface area contributed by atoms with Gasteiger partial charge in [0.2, 0.25) is 0 Å². The van der Waals surface area contributed by atoms with Crippen LogP contribution >= 0.6 is 15.9 Å². The van der Waals surface area contributed by atoms with E-state index >= 15 is 0 Å². The molecule has 6 heteroatoms. The zero-order chi connectivity index (χ0) is 12.7. The largest absolute Gasteiger partial charge is 0.506 e. The zero-order valence-electron chi connectivity index (χ0n) is 9.21. The summed E-state index contributed by atoms with van der Waals surface area (Å²) >= 11 is 3.36. The molecule has 0 aliphatic heterocycles. The number of aromatic hydroxyl groups is 1. The van der Waals surface area contributed by atoms with E-state index in [1.165, 1.54) is 0 Å². The number of benzene rings is 1. The predicted octanol–water partition coefficient (Wildman–Crippen LogP) is 2.47. The van der Waals surface area contributed by atoms with Crippen LogP contribution in [0, 0.1) is 0 Å². The summed E-state index contributed by atoms with van der Waals surface area (Å²) < 4.78 is 2.60. The number of phenolic OH excluding ortho intramolecular Hbond substituents is 1. The summed E-state index contributed by atoms with van der Waals surface area (Å²) in [6.07, 6.45) is 5.17. The standard InChI is InChI=1S/C12H9BrN4O/c13-7-3-8-9(17-2-1-15-6-17)5-11(14)16-12(8)10(18)4-7/h1-6,18H,(H2,14,16). The van der Waals surface area contributed by atoms with Crippen LogP contribution in [0.1, 0.15) is 0 Å². The Morgan fingerprint density at radius 3 is 2.83 bits per heavy atom. The lowest BCUT2D eigenvalue weighted by atomic mass is 10.1. The number of nitrogens with two attached hydrogens (primary N) is 1. The van der Waals surface area contributed by atoms with Gasteiger partial charge in [0.15, 0.2) is 0 Å². The Morgan fingerprint density at radius 2 is 2.11 bits per heavy atom. The molecular formula is C12H9BrN4O. The van der Waals surface area contributed by atoms with Crippen molar-refractivity contribution in [1.82, 2.24) is 14.5 Å². The highest BCUT2D eigenvalue weighted by Crippen LogP contribution is 2.32. The maximum Gasteiger partial charge on any atom is 0.143 e. The summed E-state index contributed by atoms with van der Waals surface area (Å²) in [5, 5.41) is 10.7. The molecule has 0 unspecified atom stereocenters. The number of hydrogen-bond donors (Lipinski definition) is 2. The van der Waals surface area contributed by atoms with Crippen molar-refractivity contribution in [2.45, 2.75) is 0 Å². The first-order valence-electron chi connectivity index (χ1n) is 5.22. The molecule has 3 aromatic rings. The van der Waals surface area contributed by atoms with Gasteiger partial charge in [-0.05, 0) is 12.1 Å². The SMILES string of the molecule is Nc1cc(-n2ccnc2)c2cc(Br)cc(O)c2n1. The highest BCUT2D eigenvalue weighted by atomic mass is 79.9. The van der Waals surface area contributed by atoms with Crippen molar-refractivity contribution in [2.24, 2.45) is 0 Å². The summed E-state index contributed by atoms with van der Waals surface area (Å²) in [6, 6.07) is 5.22. The summed E-state index contributed by atoms with van der Waals surface area (Å²) in [4.78, 5) is 8.17. The first kappa shape index (κ1) is 11.0. The third-order valence-corrected chi connectivity index (χ3v) is 3.10. The van der Waals surface area contributed by atoms with Gasteiger partial charge in [-0.2, -0.15) is 0 Å². The molecular weight excluding hydrogens is 296 g/mol. The zero-order valence-corrected chi connectivity index (χ0v) is 10.8. The van der Waals surface area contributed by atoms with Crippen LogP contribution in [-0.2, 0) is 0 Å². The molecule has 1 aromatic carbocycles. The van der Waals surface area contributed by atoms with Gasteiger partial charge >= 0.3 is 0 Å². The highest BCUT2D eigenvalue weighted by molar-refractivity contribution is 9.10. The highest BCUT2D eigenvalue weighted by Gasteiger charge is 2.10. The fraction of sp³-hybridized carbons (Fsp3) is 0. The number of imidazole rings is 1. The molecule has 2 aromatic heterocycles. The van der Waals surface area contributed by atoms with E-state index < -0.39 is 0 Å². The molecule has 18 heavy (non-hydrogen) atoms. The molecule has 90 valence electrons. The van der Waals surface area contributed by atoms with Crippen molar-refractivity contribution in [1.29, 1.82) is 0 Å². The number of phenols is 1. The molecule has 0 amide bonds. The van der Waals surface area contributed by atoms with Gasteiger partial charge in [0.05, 0.1) is 12.0 Å². The van der Waals surface area contributed by atoms with Gasteiger partial charge in [0, 0.05) is 28.3 Å². The molecule has 0 fully saturated rings. The minimum absolute atomic E-state index is 0.0908. The normalized spacial score (nSPS) is 10.9. The number of nitrogen functional groups attached to an aromatic ring is 1. The van der Waals surface area contributed by atoms with E-state index in [1.54, 1.807) is 24.7 Å². The van der Waals surface area contributed by atoms with Gasteiger partial charge < -0.3 is 15.4 Å². The number of hydrogen-bond acceptors (Lipinski definition) is 4. The molecule has 5 nitrogen and oxygen atoms in total. The third kappa shape index (κ3) is 1.70. The van der Waals surface area contributed by atoms with E-state index in [1.807, 2.05) is 16.8 Å². The minimum Gasteiger partial charge on any atom is -0.506 e. The maximum atomic E-state index is 9.93. The lowest BCUT2D eigenvalue weighted by molar-refractivity contribution is 0.480. The summed E-state index contributed by atoms with van der Waals surface area (Å²) in [7, 11) is 0. The number of halogens is 1. The van der Waals surface area contributed by atoms with Crippen LogP contribution in [0.15, 0.2) is 41.4 Å². The monoisotopic (exact) mass is 304 g/mol. The number of anilines is 1. The van der Waals surface area contributed by atoms with Crippen molar-refractivity contribution in [3.8, 4) is 11.4 Å². The molecule has 0 aliphatic carbocycles. The fourth-order valence-electron chi connectivity index (χ4n) is 1.89. The van der Waals surface area contributed by atoms with Crippen LogP contribution in [0.2, 0.25) is 0 Å². The van der Waals surface area contributed by atoms with E-state index in [0.29, 0.717) is 11.3 Å². The third-order valence-electron chi connectivity index (χ3n) is 2.64. The van der Waals surface area contributed by atoms with Crippen LogP contribution < -0.4 is 5.73 Å². The van der Waals surface area contributed by atoms with Crippen LogP contribution in [0.4, 0.5) is 5.82 Å². The summed E-state index contributed by atoms with van der Waals surface area (Å²) in [6.45, 7) is 0. The van der Waals surface area contributed by atoms with Crippen molar-refractivity contribution >= 4 is 32.7 Å². The van der Waals surface area contributed by atoms with Crippen molar-refractivity contribution in [3.63, 3.8) is 0 Å². The second-order valence-electron chi connectivity index (χ2n) is 3.86. The Kier molecular flexibility index (Phi) is 2.45. The molecule has 0 atom stereocenters.